The summed E-state index contributed by atoms with van der Waals surface area (Å²) in [5.41, 5.74) is 9.54. The van der Waals surface area contributed by atoms with E-state index in [4.69, 9.17) is 9.97 Å². The minimum atomic E-state index is -1.07. The van der Waals surface area contributed by atoms with E-state index < -0.39 is 24.0 Å². The molecule has 14 heteroatoms. The van der Waals surface area contributed by atoms with E-state index >= 15 is 0 Å². The SMILES string of the molecule is Cc1ccc(NC(=O)CC2CCN(C(CC(C(=O)O)N3CCC(C(=O)Nc4ccc(C)c(-c5ccc6c(n5)NCCC6)c4)CC3)C(=O)O)CC2)cc1-c1ccc2c(n1)NCCC2. The van der Waals surface area contributed by atoms with Crippen molar-refractivity contribution in [3.05, 3.63) is 82.9 Å². The Labute approximate surface area is 362 Å². The Bertz CT molecular complexity index is 2320. The molecule has 6 N–H and O–H groups in total. The fourth-order valence-corrected chi connectivity index (χ4v) is 9.59. The monoisotopic (exact) mass is 842 g/mol. The number of hydrogen-bond acceptors (Lipinski definition) is 10. The van der Waals surface area contributed by atoms with E-state index in [2.05, 4.69) is 33.4 Å². The van der Waals surface area contributed by atoms with Crippen molar-refractivity contribution in [3.63, 3.8) is 0 Å². The highest BCUT2D eigenvalue weighted by Crippen LogP contribution is 2.33. The van der Waals surface area contributed by atoms with Crippen molar-refractivity contribution in [1.82, 2.24) is 19.8 Å². The van der Waals surface area contributed by atoms with E-state index in [1.165, 1.54) is 11.1 Å². The van der Waals surface area contributed by atoms with Crippen LogP contribution < -0.4 is 21.3 Å². The maximum absolute atomic E-state index is 13.5. The summed E-state index contributed by atoms with van der Waals surface area (Å²) in [6.45, 7) is 7.51. The number of pyridine rings is 2. The molecule has 2 fully saturated rings. The van der Waals surface area contributed by atoms with E-state index in [1.807, 2.05) is 72.2 Å². The molecule has 4 aromatic rings. The first-order chi connectivity index (χ1) is 30.0. The molecule has 0 saturated carbocycles. The zero-order valence-corrected chi connectivity index (χ0v) is 35.7. The van der Waals surface area contributed by atoms with Gasteiger partial charge in [0, 0.05) is 47.9 Å². The van der Waals surface area contributed by atoms with Crippen LogP contribution in [-0.2, 0) is 32.0 Å². The third-order valence-electron chi connectivity index (χ3n) is 13.3. The number of fused-ring (bicyclic) bond motifs is 2. The number of aromatic nitrogens is 2. The molecule has 62 heavy (non-hydrogen) atoms. The average Bonchev–Trinajstić information content (AvgIpc) is 3.28. The highest BCUT2D eigenvalue weighted by molar-refractivity contribution is 5.94. The van der Waals surface area contributed by atoms with Crippen LogP contribution in [0.5, 0.6) is 0 Å². The number of amides is 2. The van der Waals surface area contributed by atoms with Crippen LogP contribution in [0.2, 0.25) is 0 Å². The molecule has 2 aromatic carbocycles. The lowest BCUT2D eigenvalue weighted by molar-refractivity contribution is -0.149. The number of carbonyl (C=O) groups is 4. The Morgan fingerprint density at radius 2 is 1.16 bits per heavy atom. The Morgan fingerprint density at radius 3 is 1.66 bits per heavy atom. The predicted molar refractivity (Wildman–Crippen MR) is 240 cm³/mol. The third kappa shape index (κ3) is 9.92. The Balaban J connectivity index is 0.818. The van der Waals surface area contributed by atoms with E-state index in [0.29, 0.717) is 69.7 Å². The van der Waals surface area contributed by atoms with Gasteiger partial charge in [0.15, 0.2) is 0 Å². The second kappa shape index (κ2) is 19.0. The summed E-state index contributed by atoms with van der Waals surface area (Å²) < 4.78 is 0. The van der Waals surface area contributed by atoms with Crippen molar-refractivity contribution < 1.29 is 29.4 Å². The Morgan fingerprint density at radius 1 is 0.677 bits per heavy atom. The molecule has 2 unspecified atom stereocenters. The lowest BCUT2D eigenvalue weighted by Gasteiger charge is -2.39. The van der Waals surface area contributed by atoms with Gasteiger partial charge in [-0.2, -0.15) is 0 Å². The molecule has 0 radical (unpaired) electrons. The van der Waals surface area contributed by atoms with Crippen molar-refractivity contribution in [3.8, 4) is 22.5 Å². The van der Waals surface area contributed by atoms with Crippen molar-refractivity contribution >= 4 is 46.8 Å². The van der Waals surface area contributed by atoms with Gasteiger partial charge in [-0.15, -0.1) is 0 Å². The zero-order valence-electron chi connectivity index (χ0n) is 35.7. The van der Waals surface area contributed by atoms with E-state index in [1.54, 1.807) is 0 Å². The lowest BCUT2D eigenvalue weighted by Crippen LogP contribution is -2.53. The summed E-state index contributed by atoms with van der Waals surface area (Å²) in [6.07, 6.45) is 6.61. The number of aryl methyl sites for hydroxylation is 4. The van der Waals surface area contributed by atoms with Crippen LogP contribution in [0.1, 0.15) is 73.6 Å². The summed E-state index contributed by atoms with van der Waals surface area (Å²) >= 11 is 0. The van der Waals surface area contributed by atoms with Crippen LogP contribution in [0.3, 0.4) is 0 Å². The van der Waals surface area contributed by atoms with Gasteiger partial charge in [0.1, 0.15) is 23.7 Å². The standard InChI is InChI=1S/C48H58N8O6/c1-29-7-11-35(26-37(29)39-13-9-32-5-3-19-49-44(32)53-39)51-43(57)25-31-15-21-55(22-16-31)41(47(59)60)28-42(48(61)62)56-23-17-34(18-24-56)46(58)52-36-12-8-30(2)38(27-36)40-14-10-33-6-4-20-50-45(33)54-40/h7-14,26-27,31,34,41-42H,3-6,15-25,28H2,1-2H3,(H,49,53)(H,50,54)(H,51,57)(H,52,58)(H,59,60)(H,61,62). The normalized spacial score (nSPS) is 18.3. The van der Waals surface area contributed by atoms with E-state index in [-0.39, 0.29) is 30.1 Å². The number of likely N-dealkylation sites (tertiary alicyclic amines) is 2. The number of anilines is 4. The topological polar surface area (TPSA) is 189 Å². The fraction of sp³-hybridized carbons (Fsp3) is 0.458. The van der Waals surface area contributed by atoms with Gasteiger partial charge in [0.05, 0.1) is 11.4 Å². The first-order valence-corrected chi connectivity index (χ1v) is 22.2. The first kappa shape index (κ1) is 42.8. The van der Waals surface area contributed by atoms with Gasteiger partial charge < -0.3 is 31.5 Å². The maximum atomic E-state index is 13.5. The van der Waals surface area contributed by atoms with Crippen molar-refractivity contribution in [1.29, 1.82) is 0 Å². The van der Waals surface area contributed by atoms with Gasteiger partial charge in [-0.25, -0.2) is 9.97 Å². The van der Waals surface area contributed by atoms with E-state index in [0.717, 1.165) is 84.1 Å². The molecular formula is C48H58N8O6. The number of carbonyl (C=O) groups excluding carboxylic acids is 2. The van der Waals surface area contributed by atoms with Crippen LogP contribution in [-0.4, -0.2) is 105 Å². The second-order valence-electron chi connectivity index (χ2n) is 17.5. The smallest absolute Gasteiger partial charge is 0.320 e. The summed E-state index contributed by atoms with van der Waals surface area (Å²) in [4.78, 5) is 65.5. The molecule has 2 saturated heterocycles. The summed E-state index contributed by atoms with van der Waals surface area (Å²) in [7, 11) is 0. The number of benzene rings is 2. The van der Waals surface area contributed by atoms with Gasteiger partial charge >= 0.3 is 11.9 Å². The molecule has 326 valence electrons. The van der Waals surface area contributed by atoms with Crippen LogP contribution in [0.25, 0.3) is 22.5 Å². The molecule has 0 spiro atoms. The minimum absolute atomic E-state index is 0.0727. The molecule has 14 nitrogen and oxygen atoms in total. The second-order valence-corrected chi connectivity index (χ2v) is 17.5. The largest absolute Gasteiger partial charge is 0.480 e. The number of hydrogen-bond donors (Lipinski definition) is 6. The summed E-state index contributed by atoms with van der Waals surface area (Å²) in [5, 5.41) is 33.6. The van der Waals surface area contributed by atoms with Crippen LogP contribution in [0, 0.1) is 25.7 Å². The van der Waals surface area contributed by atoms with Crippen molar-refractivity contribution in [2.24, 2.45) is 11.8 Å². The summed E-state index contributed by atoms with van der Waals surface area (Å²) in [5.74, 6) is -0.734. The molecule has 0 bridgehead atoms. The van der Waals surface area contributed by atoms with Crippen LogP contribution >= 0.6 is 0 Å². The number of aliphatic carboxylic acids is 2. The minimum Gasteiger partial charge on any atom is -0.480 e. The number of carboxylic acid groups (broad SMARTS) is 2. The molecule has 2 amide bonds. The van der Waals surface area contributed by atoms with Gasteiger partial charge in [0.25, 0.3) is 0 Å². The Hall–Kier alpha value is -5.86. The Kier molecular flexibility index (Phi) is 13.1. The van der Waals surface area contributed by atoms with Crippen LogP contribution in [0.15, 0.2) is 60.7 Å². The number of carboxylic acids is 2. The molecule has 2 aromatic heterocycles. The molecule has 2 atom stereocenters. The van der Waals surface area contributed by atoms with Gasteiger partial charge in [-0.3, -0.25) is 29.0 Å². The molecule has 8 rings (SSSR count). The zero-order chi connectivity index (χ0) is 43.3. The summed E-state index contributed by atoms with van der Waals surface area (Å²) in [6, 6.07) is 18.0. The van der Waals surface area contributed by atoms with Crippen molar-refractivity contribution in [2.45, 2.75) is 90.1 Å². The number of rotatable bonds is 13. The maximum Gasteiger partial charge on any atom is 0.320 e. The molecule has 6 heterocycles. The van der Waals surface area contributed by atoms with Gasteiger partial charge in [0.2, 0.25) is 11.8 Å². The number of nitrogens with one attached hydrogen (secondary N) is 4. The number of piperidine rings is 2. The molecule has 0 aliphatic carbocycles. The van der Waals surface area contributed by atoms with Crippen molar-refractivity contribution in [2.75, 3.05) is 60.5 Å². The first-order valence-electron chi connectivity index (χ1n) is 22.2. The quantitative estimate of drug-likeness (QED) is 0.0825. The molecule has 4 aliphatic rings. The molecular weight excluding hydrogens is 785 g/mol. The fourth-order valence-electron chi connectivity index (χ4n) is 9.59. The van der Waals surface area contributed by atoms with Gasteiger partial charge in [-0.05, 0) is 162 Å². The third-order valence-corrected chi connectivity index (χ3v) is 13.3. The highest BCUT2D eigenvalue weighted by atomic mass is 16.4. The molecule has 4 aliphatic heterocycles. The predicted octanol–water partition coefficient (Wildman–Crippen LogP) is 6.83. The van der Waals surface area contributed by atoms with E-state index in [9.17, 15) is 29.4 Å². The van der Waals surface area contributed by atoms with Gasteiger partial charge in [-0.1, -0.05) is 24.3 Å². The highest BCUT2D eigenvalue weighted by Gasteiger charge is 2.38. The number of nitrogens with zero attached hydrogens (tertiary/aromatic N) is 4. The van der Waals surface area contributed by atoms with Crippen LogP contribution in [0.4, 0.5) is 23.0 Å². The average molecular weight is 843 g/mol. The lowest BCUT2D eigenvalue weighted by atomic mass is 9.90.